The number of ether oxygens (including phenoxy) is 3. The summed E-state index contributed by atoms with van der Waals surface area (Å²) in [6.45, 7) is 0.939. The Kier molecular flexibility index (Phi) is 5.90. The van der Waals surface area contributed by atoms with Gasteiger partial charge in [-0.1, -0.05) is 12.1 Å². The van der Waals surface area contributed by atoms with Gasteiger partial charge in [-0.25, -0.2) is 4.79 Å². The number of esters is 1. The molecule has 0 aliphatic carbocycles. The Balaban J connectivity index is 2.17. The van der Waals surface area contributed by atoms with E-state index in [0.29, 0.717) is 11.3 Å². The van der Waals surface area contributed by atoms with Crippen LogP contribution in [0.4, 0.5) is 5.69 Å². The molecular formula is C18H17NO7. The number of nitrogens with zero attached hydrogens (tertiary/aromatic N) is 1. The van der Waals surface area contributed by atoms with Crippen LogP contribution >= 0.6 is 0 Å². The minimum atomic E-state index is -0.943. The van der Waals surface area contributed by atoms with Gasteiger partial charge in [0, 0.05) is 11.6 Å². The van der Waals surface area contributed by atoms with Crippen molar-refractivity contribution < 1.29 is 28.7 Å². The van der Waals surface area contributed by atoms with E-state index in [0.717, 1.165) is 0 Å². The van der Waals surface area contributed by atoms with Crippen LogP contribution in [-0.2, 0) is 4.74 Å². The van der Waals surface area contributed by atoms with Gasteiger partial charge in [0.25, 0.3) is 5.69 Å². The molecule has 0 aliphatic heterocycles. The third-order valence-electron chi connectivity index (χ3n) is 3.68. The highest BCUT2D eigenvalue weighted by atomic mass is 16.6. The number of benzene rings is 2. The van der Waals surface area contributed by atoms with Gasteiger partial charge in [0.15, 0.2) is 6.61 Å². The fourth-order valence-corrected chi connectivity index (χ4v) is 2.38. The van der Waals surface area contributed by atoms with Gasteiger partial charge in [-0.05, 0) is 25.1 Å². The Hall–Kier alpha value is -3.42. The molecule has 8 nitrogen and oxygen atoms in total. The van der Waals surface area contributed by atoms with E-state index < -0.39 is 23.3 Å². The van der Waals surface area contributed by atoms with Crippen LogP contribution in [0.3, 0.4) is 0 Å². The fraction of sp³-hybridized carbons (Fsp3) is 0.222. The highest BCUT2D eigenvalue weighted by Gasteiger charge is 2.24. The molecule has 2 aromatic rings. The molecule has 8 heteroatoms. The lowest BCUT2D eigenvalue weighted by atomic mass is 10.1. The first-order chi connectivity index (χ1) is 12.4. The fourth-order valence-electron chi connectivity index (χ4n) is 2.38. The van der Waals surface area contributed by atoms with E-state index in [1.807, 2.05) is 0 Å². The Labute approximate surface area is 149 Å². The average molecular weight is 359 g/mol. The number of hydrogen-bond acceptors (Lipinski definition) is 7. The van der Waals surface area contributed by atoms with Gasteiger partial charge in [-0.15, -0.1) is 0 Å². The van der Waals surface area contributed by atoms with Crippen molar-refractivity contribution in [2.45, 2.75) is 6.92 Å². The number of nitro groups is 1. The van der Waals surface area contributed by atoms with Crippen LogP contribution in [0.25, 0.3) is 0 Å². The van der Waals surface area contributed by atoms with Crippen LogP contribution < -0.4 is 9.47 Å². The third kappa shape index (κ3) is 3.97. The highest BCUT2D eigenvalue weighted by molar-refractivity contribution is 6.02. The molecule has 0 heterocycles. The molecule has 0 aromatic heterocycles. The van der Waals surface area contributed by atoms with Crippen molar-refractivity contribution in [2.24, 2.45) is 0 Å². The second-order valence-corrected chi connectivity index (χ2v) is 5.29. The second kappa shape index (κ2) is 8.11. The van der Waals surface area contributed by atoms with Crippen molar-refractivity contribution in [1.82, 2.24) is 0 Å². The van der Waals surface area contributed by atoms with Crippen LogP contribution in [0.2, 0.25) is 0 Å². The monoisotopic (exact) mass is 359 g/mol. The predicted octanol–water partition coefficient (Wildman–Crippen LogP) is 2.96. The first kappa shape index (κ1) is 18.9. The first-order valence-corrected chi connectivity index (χ1v) is 7.55. The van der Waals surface area contributed by atoms with E-state index in [4.69, 9.17) is 14.2 Å². The number of ketones is 1. The molecule has 2 aromatic carbocycles. The van der Waals surface area contributed by atoms with Gasteiger partial charge in [-0.3, -0.25) is 14.9 Å². The number of methoxy groups -OCH3 is 2. The van der Waals surface area contributed by atoms with Gasteiger partial charge < -0.3 is 14.2 Å². The van der Waals surface area contributed by atoms with E-state index >= 15 is 0 Å². The Morgan fingerprint density at radius 3 is 2.42 bits per heavy atom. The van der Waals surface area contributed by atoms with Gasteiger partial charge in [0.2, 0.25) is 5.78 Å². The largest absolute Gasteiger partial charge is 0.497 e. The molecule has 0 fully saturated rings. The van der Waals surface area contributed by atoms with Crippen LogP contribution in [0.1, 0.15) is 26.3 Å². The molecule has 26 heavy (non-hydrogen) atoms. The number of aryl methyl sites for hydroxylation is 1. The summed E-state index contributed by atoms with van der Waals surface area (Å²) < 4.78 is 15.2. The maximum absolute atomic E-state index is 12.3. The number of para-hydroxylation sites is 1. The van der Waals surface area contributed by atoms with E-state index in [-0.39, 0.29) is 22.6 Å². The Morgan fingerprint density at radius 2 is 1.81 bits per heavy atom. The highest BCUT2D eigenvalue weighted by Crippen LogP contribution is 2.26. The number of hydrogen-bond donors (Lipinski definition) is 0. The van der Waals surface area contributed by atoms with E-state index in [1.165, 1.54) is 51.5 Å². The maximum Gasteiger partial charge on any atom is 0.345 e. The molecule has 0 spiro atoms. The van der Waals surface area contributed by atoms with Crippen molar-refractivity contribution in [3.8, 4) is 11.5 Å². The summed E-state index contributed by atoms with van der Waals surface area (Å²) in [4.78, 5) is 35.0. The molecule has 0 saturated heterocycles. The van der Waals surface area contributed by atoms with Gasteiger partial charge in [0.1, 0.15) is 17.1 Å². The smallest absolute Gasteiger partial charge is 0.345 e. The lowest BCUT2D eigenvalue weighted by Gasteiger charge is -2.10. The molecule has 2 rings (SSSR count). The van der Waals surface area contributed by atoms with Crippen LogP contribution in [0.15, 0.2) is 36.4 Å². The summed E-state index contributed by atoms with van der Waals surface area (Å²) in [6, 6.07) is 8.90. The van der Waals surface area contributed by atoms with E-state index in [9.17, 15) is 19.7 Å². The summed E-state index contributed by atoms with van der Waals surface area (Å²) in [6.07, 6.45) is 0. The van der Waals surface area contributed by atoms with Crippen molar-refractivity contribution in [2.75, 3.05) is 20.8 Å². The summed E-state index contributed by atoms with van der Waals surface area (Å²) in [5.74, 6) is -0.674. The standard InChI is InChI=1S/C18H17NO7/c1-11-5-4-6-14(17(11)19(22)23)18(21)26-10-15(20)13-8-7-12(24-2)9-16(13)25-3/h4-9H,10H2,1-3H3. The first-order valence-electron chi connectivity index (χ1n) is 7.55. The lowest BCUT2D eigenvalue weighted by molar-refractivity contribution is -0.385. The van der Waals surface area contributed by atoms with Crippen molar-refractivity contribution in [3.05, 3.63) is 63.2 Å². The third-order valence-corrected chi connectivity index (χ3v) is 3.68. The molecule has 136 valence electrons. The summed E-state index contributed by atoms with van der Waals surface area (Å²) in [7, 11) is 2.88. The average Bonchev–Trinajstić information content (AvgIpc) is 2.64. The lowest BCUT2D eigenvalue weighted by Crippen LogP contribution is -2.16. The van der Waals surface area contributed by atoms with Crippen molar-refractivity contribution >= 4 is 17.4 Å². The van der Waals surface area contributed by atoms with Crippen LogP contribution in [-0.4, -0.2) is 37.5 Å². The number of rotatable bonds is 7. The quantitative estimate of drug-likeness (QED) is 0.324. The summed E-state index contributed by atoms with van der Waals surface area (Å²) in [5, 5.41) is 11.2. The SMILES string of the molecule is COc1ccc(C(=O)COC(=O)c2cccc(C)c2[N+](=O)[O-])c(OC)c1. The minimum Gasteiger partial charge on any atom is -0.497 e. The van der Waals surface area contributed by atoms with Crippen molar-refractivity contribution in [1.29, 1.82) is 0 Å². The number of nitro benzene ring substituents is 1. The zero-order chi connectivity index (χ0) is 19.3. The second-order valence-electron chi connectivity index (χ2n) is 5.29. The molecule has 0 N–H and O–H groups in total. The molecule has 0 aliphatic rings. The van der Waals surface area contributed by atoms with Crippen LogP contribution in [0, 0.1) is 17.0 Å². The molecule has 0 unspecified atom stereocenters. The number of Topliss-reactive ketones (excluding diaryl/α,β-unsaturated/α-hetero) is 1. The maximum atomic E-state index is 12.3. The molecule has 0 amide bonds. The van der Waals surface area contributed by atoms with Gasteiger partial charge in [-0.2, -0.15) is 0 Å². The molecule has 0 radical (unpaired) electrons. The molecule has 0 bridgehead atoms. The molecule has 0 saturated carbocycles. The van der Waals surface area contributed by atoms with Crippen LogP contribution in [0.5, 0.6) is 11.5 Å². The topological polar surface area (TPSA) is 105 Å². The zero-order valence-corrected chi connectivity index (χ0v) is 14.5. The normalized spacial score (nSPS) is 10.1. The van der Waals surface area contributed by atoms with E-state index in [2.05, 4.69) is 0 Å². The Bertz CT molecular complexity index is 861. The van der Waals surface area contributed by atoms with E-state index in [1.54, 1.807) is 6.07 Å². The summed E-state index contributed by atoms with van der Waals surface area (Å²) >= 11 is 0. The molecule has 0 atom stereocenters. The minimum absolute atomic E-state index is 0.204. The van der Waals surface area contributed by atoms with Crippen molar-refractivity contribution in [3.63, 3.8) is 0 Å². The van der Waals surface area contributed by atoms with Gasteiger partial charge >= 0.3 is 5.97 Å². The predicted molar refractivity (Wildman–Crippen MR) is 92.0 cm³/mol. The Morgan fingerprint density at radius 1 is 1.08 bits per heavy atom. The number of carbonyl (C=O) groups is 2. The zero-order valence-electron chi connectivity index (χ0n) is 14.5. The summed E-state index contributed by atoms with van der Waals surface area (Å²) in [5.41, 5.74) is -0.0103. The number of carbonyl (C=O) groups excluding carboxylic acids is 2. The molecular weight excluding hydrogens is 342 g/mol. The van der Waals surface area contributed by atoms with Gasteiger partial charge in [0.05, 0.1) is 24.7 Å².